The lowest BCUT2D eigenvalue weighted by molar-refractivity contribution is -0.124. The highest BCUT2D eigenvalue weighted by Gasteiger charge is 2.35. The summed E-state index contributed by atoms with van der Waals surface area (Å²) in [5, 5.41) is 2.70. The summed E-state index contributed by atoms with van der Waals surface area (Å²) in [6.07, 6.45) is 0.975. The van der Waals surface area contributed by atoms with E-state index in [2.05, 4.69) is 21.2 Å². The number of amides is 1. The molecular weight excluding hydrogens is 338 g/mol. The van der Waals surface area contributed by atoms with Crippen molar-refractivity contribution in [3.63, 3.8) is 0 Å². The molecule has 0 bridgehead atoms. The van der Waals surface area contributed by atoms with Gasteiger partial charge in [0.25, 0.3) is 0 Å². The minimum absolute atomic E-state index is 0. The van der Waals surface area contributed by atoms with Crippen LogP contribution >= 0.6 is 28.3 Å². The van der Waals surface area contributed by atoms with Gasteiger partial charge in [-0.3, -0.25) is 4.79 Å². The van der Waals surface area contributed by atoms with Crippen LogP contribution in [-0.4, -0.2) is 24.7 Å². The predicted octanol–water partition coefficient (Wildman–Crippen LogP) is 2.46. The van der Waals surface area contributed by atoms with Crippen molar-refractivity contribution in [2.75, 3.05) is 18.5 Å². The van der Waals surface area contributed by atoms with Gasteiger partial charge in [0.15, 0.2) is 0 Å². The second-order valence-corrected chi connectivity index (χ2v) is 5.21. The fraction of sp³-hybridized carbons (Fsp3) is 0.417. The van der Waals surface area contributed by atoms with Gasteiger partial charge in [0.05, 0.1) is 4.47 Å². The highest BCUT2D eigenvalue weighted by Crippen LogP contribution is 2.23. The average Bonchev–Trinajstić information content (AvgIpc) is 2.35. The SMILES string of the molecule is Cl.NC1(C(=O)Nc2ccc(F)c(Br)c2)CCOCC1. The van der Waals surface area contributed by atoms with Gasteiger partial charge < -0.3 is 15.8 Å². The third-order valence-electron chi connectivity index (χ3n) is 3.01. The molecule has 0 aliphatic carbocycles. The first kappa shape index (κ1) is 16.4. The molecular formula is C12H15BrClFN2O2. The number of hydrogen-bond donors (Lipinski definition) is 2. The van der Waals surface area contributed by atoms with Gasteiger partial charge in [-0.05, 0) is 47.0 Å². The molecule has 19 heavy (non-hydrogen) atoms. The Hall–Kier alpha value is -0.690. The second-order valence-electron chi connectivity index (χ2n) is 4.35. The first-order valence-electron chi connectivity index (χ1n) is 5.64. The monoisotopic (exact) mass is 352 g/mol. The van der Waals surface area contributed by atoms with Crippen molar-refractivity contribution >= 4 is 39.9 Å². The summed E-state index contributed by atoms with van der Waals surface area (Å²) in [6, 6.07) is 4.30. The molecule has 0 atom stereocenters. The van der Waals surface area contributed by atoms with Crippen LogP contribution in [0.5, 0.6) is 0 Å². The molecule has 2 rings (SSSR count). The van der Waals surface area contributed by atoms with Crippen molar-refractivity contribution in [1.29, 1.82) is 0 Å². The smallest absolute Gasteiger partial charge is 0.244 e. The van der Waals surface area contributed by atoms with E-state index in [0.29, 0.717) is 36.2 Å². The topological polar surface area (TPSA) is 64.4 Å². The summed E-state index contributed by atoms with van der Waals surface area (Å²) >= 11 is 3.07. The quantitative estimate of drug-likeness (QED) is 0.858. The maximum Gasteiger partial charge on any atom is 0.244 e. The van der Waals surface area contributed by atoms with E-state index in [-0.39, 0.29) is 24.1 Å². The molecule has 4 nitrogen and oxygen atoms in total. The van der Waals surface area contributed by atoms with Crippen molar-refractivity contribution in [3.05, 3.63) is 28.5 Å². The maximum atomic E-state index is 13.1. The summed E-state index contributed by atoms with van der Waals surface area (Å²) in [7, 11) is 0. The molecule has 0 spiro atoms. The standard InChI is InChI=1S/C12H14BrFN2O2.ClH/c13-9-7-8(1-2-10(9)14)16-11(17)12(15)3-5-18-6-4-12;/h1-2,7H,3-6,15H2,(H,16,17);1H. The minimum atomic E-state index is -0.904. The van der Waals surface area contributed by atoms with Gasteiger partial charge in [-0.2, -0.15) is 0 Å². The molecule has 1 fully saturated rings. The molecule has 1 aromatic rings. The van der Waals surface area contributed by atoms with E-state index in [9.17, 15) is 9.18 Å². The number of halogens is 3. The number of carbonyl (C=O) groups is 1. The third kappa shape index (κ3) is 3.89. The van der Waals surface area contributed by atoms with E-state index in [1.54, 1.807) is 0 Å². The number of hydrogen-bond acceptors (Lipinski definition) is 3. The summed E-state index contributed by atoms with van der Waals surface area (Å²) < 4.78 is 18.6. The number of ether oxygens (including phenoxy) is 1. The molecule has 7 heteroatoms. The highest BCUT2D eigenvalue weighted by atomic mass is 79.9. The van der Waals surface area contributed by atoms with Crippen molar-refractivity contribution in [1.82, 2.24) is 0 Å². The Kier molecular flexibility index (Phi) is 5.73. The van der Waals surface area contributed by atoms with Crippen LogP contribution in [0.15, 0.2) is 22.7 Å². The summed E-state index contributed by atoms with van der Waals surface area (Å²) in [6.45, 7) is 0.966. The van der Waals surface area contributed by atoms with Crippen LogP contribution in [0, 0.1) is 5.82 Å². The van der Waals surface area contributed by atoms with E-state index in [0.717, 1.165) is 0 Å². The van der Waals surface area contributed by atoms with E-state index < -0.39 is 5.54 Å². The molecule has 1 aliphatic heterocycles. The number of rotatable bonds is 2. The van der Waals surface area contributed by atoms with Gasteiger partial charge in [0, 0.05) is 18.9 Å². The van der Waals surface area contributed by atoms with Gasteiger partial charge in [0.2, 0.25) is 5.91 Å². The Balaban J connectivity index is 0.00000180. The molecule has 1 aromatic carbocycles. The van der Waals surface area contributed by atoms with Gasteiger partial charge in [-0.1, -0.05) is 0 Å². The molecule has 1 amide bonds. The maximum absolute atomic E-state index is 13.1. The molecule has 0 aromatic heterocycles. The summed E-state index contributed by atoms with van der Waals surface area (Å²) in [4.78, 5) is 12.1. The van der Waals surface area contributed by atoms with Gasteiger partial charge in [0.1, 0.15) is 11.4 Å². The summed E-state index contributed by atoms with van der Waals surface area (Å²) in [5.41, 5.74) is 5.66. The fourth-order valence-corrected chi connectivity index (χ4v) is 2.17. The van der Waals surface area contributed by atoms with Crippen molar-refractivity contribution in [3.8, 4) is 0 Å². The third-order valence-corrected chi connectivity index (χ3v) is 3.62. The number of carbonyl (C=O) groups excluding carboxylic acids is 1. The normalized spacial score (nSPS) is 17.4. The van der Waals surface area contributed by atoms with Gasteiger partial charge in [-0.25, -0.2) is 4.39 Å². The van der Waals surface area contributed by atoms with Crippen LogP contribution in [-0.2, 0) is 9.53 Å². The van der Waals surface area contributed by atoms with E-state index in [4.69, 9.17) is 10.5 Å². The zero-order chi connectivity index (χ0) is 13.2. The lowest BCUT2D eigenvalue weighted by atomic mass is 9.90. The predicted molar refractivity (Wildman–Crippen MR) is 76.9 cm³/mol. The fourth-order valence-electron chi connectivity index (χ4n) is 1.79. The van der Waals surface area contributed by atoms with Crippen LogP contribution in [0.1, 0.15) is 12.8 Å². The van der Waals surface area contributed by atoms with Crippen molar-refractivity contribution in [2.45, 2.75) is 18.4 Å². The van der Waals surface area contributed by atoms with Crippen LogP contribution in [0.25, 0.3) is 0 Å². The Labute approximate surface area is 125 Å². The van der Waals surface area contributed by atoms with E-state index >= 15 is 0 Å². The molecule has 1 heterocycles. The molecule has 0 saturated carbocycles. The molecule has 3 N–H and O–H groups in total. The zero-order valence-electron chi connectivity index (χ0n) is 10.1. The van der Waals surface area contributed by atoms with Crippen LogP contribution in [0.2, 0.25) is 0 Å². The first-order chi connectivity index (χ1) is 8.51. The van der Waals surface area contributed by atoms with Crippen molar-refractivity contribution in [2.24, 2.45) is 5.73 Å². The lowest BCUT2D eigenvalue weighted by Gasteiger charge is -2.31. The number of benzene rings is 1. The van der Waals surface area contributed by atoms with E-state index in [1.807, 2.05) is 0 Å². The molecule has 1 saturated heterocycles. The van der Waals surface area contributed by atoms with Crippen LogP contribution < -0.4 is 11.1 Å². The largest absolute Gasteiger partial charge is 0.381 e. The van der Waals surface area contributed by atoms with E-state index in [1.165, 1.54) is 18.2 Å². The lowest BCUT2D eigenvalue weighted by Crippen LogP contribution is -2.54. The van der Waals surface area contributed by atoms with Gasteiger partial charge >= 0.3 is 0 Å². The zero-order valence-corrected chi connectivity index (χ0v) is 12.5. The second kappa shape index (κ2) is 6.65. The highest BCUT2D eigenvalue weighted by molar-refractivity contribution is 9.10. The Morgan fingerprint density at radius 1 is 1.42 bits per heavy atom. The molecule has 0 radical (unpaired) electrons. The summed E-state index contributed by atoms with van der Waals surface area (Å²) in [5.74, 6) is -0.633. The molecule has 1 aliphatic rings. The first-order valence-corrected chi connectivity index (χ1v) is 6.44. The Bertz CT molecular complexity index is 467. The molecule has 0 unspecified atom stereocenters. The Morgan fingerprint density at radius 3 is 2.63 bits per heavy atom. The van der Waals surface area contributed by atoms with Crippen LogP contribution in [0.4, 0.5) is 10.1 Å². The number of anilines is 1. The molecule has 106 valence electrons. The number of nitrogens with one attached hydrogen (secondary N) is 1. The van der Waals surface area contributed by atoms with Gasteiger partial charge in [-0.15, -0.1) is 12.4 Å². The minimum Gasteiger partial charge on any atom is -0.381 e. The Morgan fingerprint density at radius 2 is 2.05 bits per heavy atom. The number of nitrogens with two attached hydrogens (primary N) is 1. The van der Waals surface area contributed by atoms with Crippen molar-refractivity contribution < 1.29 is 13.9 Å². The average molecular weight is 354 g/mol. The van der Waals surface area contributed by atoms with Crippen LogP contribution in [0.3, 0.4) is 0 Å².